The zero-order valence-electron chi connectivity index (χ0n) is 7.34. The molecular formula is C10H12N2O. The molecule has 3 heteroatoms. The van der Waals surface area contributed by atoms with Gasteiger partial charge in [0.25, 0.3) is 0 Å². The number of carbonyl (C=O) groups is 1. The second-order valence-electron chi connectivity index (χ2n) is 3.22. The van der Waals surface area contributed by atoms with Crippen LogP contribution in [0.4, 0.5) is 0 Å². The molecule has 0 amide bonds. The van der Waals surface area contributed by atoms with Crippen molar-refractivity contribution >= 4 is 5.78 Å². The standard InChI is InChI=1S/C10H12N2O/c11-6-10(13)8-1-2-9-7(5-8)3-4-12-9/h1,3-4,12H,2,5-6,11H2. The summed E-state index contributed by atoms with van der Waals surface area (Å²) in [6, 6.07) is 2.02. The van der Waals surface area contributed by atoms with Crippen molar-refractivity contribution in [2.24, 2.45) is 5.73 Å². The van der Waals surface area contributed by atoms with E-state index in [0.717, 1.165) is 18.4 Å². The van der Waals surface area contributed by atoms with E-state index in [1.807, 2.05) is 18.3 Å². The monoisotopic (exact) mass is 176 g/mol. The average Bonchev–Trinajstić information content (AvgIpc) is 2.63. The van der Waals surface area contributed by atoms with Gasteiger partial charge in [-0.3, -0.25) is 4.79 Å². The van der Waals surface area contributed by atoms with Crippen LogP contribution in [-0.4, -0.2) is 17.3 Å². The zero-order valence-corrected chi connectivity index (χ0v) is 7.34. The fourth-order valence-electron chi connectivity index (χ4n) is 1.64. The van der Waals surface area contributed by atoms with Crippen LogP contribution in [0.25, 0.3) is 0 Å². The van der Waals surface area contributed by atoms with Crippen molar-refractivity contribution in [1.29, 1.82) is 0 Å². The van der Waals surface area contributed by atoms with Crippen LogP contribution in [0, 0.1) is 0 Å². The van der Waals surface area contributed by atoms with Crippen molar-refractivity contribution in [3.63, 3.8) is 0 Å². The Morgan fingerprint density at radius 1 is 1.62 bits per heavy atom. The molecule has 0 spiro atoms. The molecule has 0 fully saturated rings. The van der Waals surface area contributed by atoms with Crippen molar-refractivity contribution in [1.82, 2.24) is 4.98 Å². The average molecular weight is 176 g/mol. The first-order valence-corrected chi connectivity index (χ1v) is 4.38. The van der Waals surface area contributed by atoms with Gasteiger partial charge in [-0.05, 0) is 17.2 Å². The van der Waals surface area contributed by atoms with Gasteiger partial charge < -0.3 is 10.7 Å². The molecule has 13 heavy (non-hydrogen) atoms. The molecule has 3 nitrogen and oxygen atoms in total. The topological polar surface area (TPSA) is 58.9 Å². The van der Waals surface area contributed by atoms with Gasteiger partial charge in [0.1, 0.15) is 0 Å². The second kappa shape index (κ2) is 3.18. The fourth-order valence-corrected chi connectivity index (χ4v) is 1.64. The molecule has 0 unspecified atom stereocenters. The first-order chi connectivity index (χ1) is 6.31. The molecule has 0 atom stereocenters. The number of aromatic amines is 1. The third-order valence-electron chi connectivity index (χ3n) is 2.41. The van der Waals surface area contributed by atoms with Crippen molar-refractivity contribution in [3.05, 3.63) is 35.2 Å². The smallest absolute Gasteiger partial charge is 0.172 e. The molecule has 1 heterocycles. The molecular weight excluding hydrogens is 164 g/mol. The van der Waals surface area contributed by atoms with E-state index in [1.165, 1.54) is 11.3 Å². The number of carbonyl (C=O) groups excluding carboxylic acids is 1. The summed E-state index contributed by atoms with van der Waals surface area (Å²) in [7, 11) is 0. The molecule has 68 valence electrons. The maximum absolute atomic E-state index is 11.3. The van der Waals surface area contributed by atoms with Crippen molar-refractivity contribution in [2.75, 3.05) is 6.54 Å². The summed E-state index contributed by atoms with van der Waals surface area (Å²) < 4.78 is 0. The molecule has 1 aliphatic carbocycles. The Morgan fingerprint density at radius 3 is 3.23 bits per heavy atom. The Labute approximate surface area is 76.6 Å². The Morgan fingerprint density at radius 2 is 2.46 bits per heavy atom. The van der Waals surface area contributed by atoms with E-state index < -0.39 is 0 Å². The van der Waals surface area contributed by atoms with Gasteiger partial charge in [-0.2, -0.15) is 0 Å². The van der Waals surface area contributed by atoms with Gasteiger partial charge in [0.2, 0.25) is 0 Å². The lowest BCUT2D eigenvalue weighted by atomic mass is 9.94. The summed E-state index contributed by atoms with van der Waals surface area (Å²) in [4.78, 5) is 14.4. The molecule has 1 aromatic rings. The number of nitrogens with one attached hydrogen (secondary N) is 1. The van der Waals surface area contributed by atoms with Crippen LogP contribution >= 0.6 is 0 Å². The van der Waals surface area contributed by atoms with Crippen LogP contribution in [0.5, 0.6) is 0 Å². The first kappa shape index (κ1) is 8.26. The van der Waals surface area contributed by atoms with E-state index in [4.69, 9.17) is 5.73 Å². The first-order valence-electron chi connectivity index (χ1n) is 4.38. The lowest BCUT2D eigenvalue weighted by Crippen LogP contribution is -2.19. The van der Waals surface area contributed by atoms with Gasteiger partial charge in [0.05, 0.1) is 6.54 Å². The van der Waals surface area contributed by atoms with Gasteiger partial charge in [-0.25, -0.2) is 0 Å². The van der Waals surface area contributed by atoms with Crippen LogP contribution in [0.1, 0.15) is 11.3 Å². The molecule has 1 aromatic heterocycles. The van der Waals surface area contributed by atoms with E-state index >= 15 is 0 Å². The van der Waals surface area contributed by atoms with Gasteiger partial charge in [-0.15, -0.1) is 0 Å². The summed E-state index contributed by atoms with van der Waals surface area (Å²) in [5, 5.41) is 0. The van der Waals surface area contributed by atoms with Crippen LogP contribution in [0.2, 0.25) is 0 Å². The van der Waals surface area contributed by atoms with Gasteiger partial charge in [0.15, 0.2) is 5.78 Å². The summed E-state index contributed by atoms with van der Waals surface area (Å²) >= 11 is 0. The lowest BCUT2D eigenvalue weighted by Gasteiger charge is -2.11. The number of hydrogen-bond acceptors (Lipinski definition) is 2. The highest BCUT2D eigenvalue weighted by atomic mass is 16.1. The molecule has 3 N–H and O–H groups in total. The predicted molar refractivity (Wildman–Crippen MR) is 50.3 cm³/mol. The van der Waals surface area contributed by atoms with E-state index in [1.54, 1.807) is 0 Å². The van der Waals surface area contributed by atoms with E-state index in [0.29, 0.717) is 0 Å². The van der Waals surface area contributed by atoms with E-state index in [9.17, 15) is 4.79 Å². The number of rotatable bonds is 2. The van der Waals surface area contributed by atoms with E-state index in [-0.39, 0.29) is 12.3 Å². The van der Waals surface area contributed by atoms with Crippen LogP contribution in [-0.2, 0) is 17.6 Å². The number of allylic oxidation sites excluding steroid dienone is 1. The highest BCUT2D eigenvalue weighted by molar-refractivity contribution is 5.97. The second-order valence-corrected chi connectivity index (χ2v) is 3.22. The predicted octanol–water partition coefficient (Wildman–Crippen LogP) is 0.567. The summed E-state index contributed by atoms with van der Waals surface area (Å²) in [5.74, 6) is 0.0619. The fraction of sp³-hybridized carbons (Fsp3) is 0.300. The highest BCUT2D eigenvalue weighted by Crippen LogP contribution is 2.19. The Kier molecular flexibility index (Phi) is 2.02. The van der Waals surface area contributed by atoms with Gasteiger partial charge in [0, 0.05) is 24.7 Å². The number of fused-ring (bicyclic) bond motifs is 1. The Balaban J connectivity index is 2.21. The maximum atomic E-state index is 11.3. The van der Waals surface area contributed by atoms with Crippen LogP contribution < -0.4 is 5.73 Å². The SMILES string of the molecule is NCC(=O)C1=CCc2[nH]ccc2C1. The van der Waals surface area contributed by atoms with Crippen molar-refractivity contribution in [2.45, 2.75) is 12.8 Å². The minimum absolute atomic E-state index is 0.0619. The number of ketones is 1. The normalized spacial score (nSPS) is 15.0. The van der Waals surface area contributed by atoms with Crippen LogP contribution in [0.3, 0.4) is 0 Å². The molecule has 0 radical (unpaired) electrons. The van der Waals surface area contributed by atoms with Crippen molar-refractivity contribution < 1.29 is 4.79 Å². The molecule has 0 bridgehead atoms. The largest absolute Gasteiger partial charge is 0.364 e. The quantitative estimate of drug-likeness (QED) is 0.692. The van der Waals surface area contributed by atoms with Gasteiger partial charge in [-0.1, -0.05) is 6.08 Å². The zero-order chi connectivity index (χ0) is 9.26. The molecule has 0 aliphatic heterocycles. The summed E-state index contributed by atoms with van der Waals surface area (Å²) in [6.07, 6.45) is 5.43. The number of H-pyrrole nitrogens is 1. The molecule has 0 aromatic carbocycles. The lowest BCUT2D eigenvalue weighted by molar-refractivity contribution is -0.114. The van der Waals surface area contributed by atoms with Crippen molar-refractivity contribution in [3.8, 4) is 0 Å². The molecule has 0 saturated heterocycles. The summed E-state index contributed by atoms with van der Waals surface area (Å²) in [6.45, 7) is 0.117. The third kappa shape index (κ3) is 1.42. The third-order valence-corrected chi connectivity index (χ3v) is 2.41. The van der Waals surface area contributed by atoms with Crippen LogP contribution in [0.15, 0.2) is 23.9 Å². The van der Waals surface area contributed by atoms with Gasteiger partial charge >= 0.3 is 0 Å². The maximum Gasteiger partial charge on any atom is 0.172 e. The summed E-state index contributed by atoms with van der Waals surface area (Å²) in [5.41, 5.74) is 8.59. The number of hydrogen-bond donors (Lipinski definition) is 2. The minimum atomic E-state index is 0.0619. The highest BCUT2D eigenvalue weighted by Gasteiger charge is 2.15. The van der Waals surface area contributed by atoms with E-state index in [2.05, 4.69) is 4.98 Å². The minimum Gasteiger partial charge on any atom is -0.364 e. The molecule has 1 aliphatic rings. The Hall–Kier alpha value is -1.35. The molecule has 0 saturated carbocycles. The number of nitrogens with two attached hydrogens (primary N) is 1. The molecule has 2 rings (SSSR count). The number of Topliss-reactive ketones (excluding diaryl/α,β-unsaturated/α-hetero) is 1. The Bertz CT molecular complexity index is 363. The number of aromatic nitrogens is 1.